The maximum Gasteiger partial charge on any atom is 0.410 e. The molecule has 1 aromatic heterocycles. The molecule has 0 radical (unpaired) electrons. The lowest BCUT2D eigenvalue weighted by Gasteiger charge is -2.25. The first-order valence-electron chi connectivity index (χ1n) is 8.82. The van der Waals surface area contributed by atoms with Gasteiger partial charge in [-0.15, -0.1) is 11.3 Å². The van der Waals surface area contributed by atoms with Crippen LogP contribution in [0, 0.1) is 11.8 Å². The molecule has 0 bridgehead atoms. The van der Waals surface area contributed by atoms with Gasteiger partial charge in [0.2, 0.25) is 0 Å². The van der Waals surface area contributed by atoms with E-state index in [0.29, 0.717) is 31.5 Å². The zero-order chi connectivity index (χ0) is 17.3. The summed E-state index contributed by atoms with van der Waals surface area (Å²) in [6.07, 6.45) is 2.05. The third kappa shape index (κ3) is 3.72. The third-order valence-corrected chi connectivity index (χ3v) is 6.28. The Kier molecular flexibility index (Phi) is 4.52. The number of thiophene rings is 1. The summed E-state index contributed by atoms with van der Waals surface area (Å²) in [6, 6.07) is 13.9. The minimum atomic E-state index is -0.611. The predicted molar refractivity (Wildman–Crippen MR) is 97.4 cm³/mol. The zero-order valence-electron chi connectivity index (χ0n) is 14.1. The molecule has 25 heavy (non-hydrogen) atoms. The van der Waals surface area contributed by atoms with Crippen LogP contribution in [0.3, 0.4) is 0 Å². The summed E-state index contributed by atoms with van der Waals surface area (Å²) in [7, 11) is 0. The van der Waals surface area contributed by atoms with Crippen molar-refractivity contribution in [3.63, 3.8) is 0 Å². The van der Waals surface area contributed by atoms with Crippen molar-refractivity contribution in [2.75, 3.05) is 13.1 Å². The van der Waals surface area contributed by atoms with Gasteiger partial charge in [0.05, 0.1) is 5.60 Å². The maximum atomic E-state index is 12.3. The number of carbonyl (C=O) groups is 1. The van der Waals surface area contributed by atoms with Crippen molar-refractivity contribution in [1.29, 1.82) is 0 Å². The van der Waals surface area contributed by atoms with Crippen molar-refractivity contribution in [2.45, 2.75) is 31.5 Å². The molecule has 1 amide bonds. The summed E-state index contributed by atoms with van der Waals surface area (Å²) in [5.74, 6) is 0.767. The Labute approximate surface area is 152 Å². The monoisotopic (exact) mass is 357 g/mol. The fourth-order valence-corrected chi connectivity index (χ4v) is 5.14. The van der Waals surface area contributed by atoms with Crippen LogP contribution in [0.1, 0.15) is 23.3 Å². The minimum absolute atomic E-state index is 0.236. The van der Waals surface area contributed by atoms with Gasteiger partial charge in [-0.1, -0.05) is 36.4 Å². The molecule has 2 heterocycles. The molecule has 1 aliphatic heterocycles. The van der Waals surface area contributed by atoms with Gasteiger partial charge in [0, 0.05) is 24.4 Å². The molecule has 2 fully saturated rings. The highest BCUT2D eigenvalue weighted by atomic mass is 32.1. The average molecular weight is 357 g/mol. The number of ether oxygens (including phenoxy) is 1. The molecular weight excluding hydrogens is 334 g/mol. The lowest BCUT2D eigenvalue weighted by molar-refractivity contribution is 0.0344. The lowest BCUT2D eigenvalue weighted by Crippen LogP contribution is -2.34. The van der Waals surface area contributed by atoms with Crippen LogP contribution in [0.15, 0.2) is 47.8 Å². The second-order valence-electron chi connectivity index (χ2n) is 7.35. The summed E-state index contributed by atoms with van der Waals surface area (Å²) >= 11 is 1.70. The number of rotatable bonds is 4. The molecule has 5 heteroatoms. The molecule has 1 unspecified atom stereocenters. The van der Waals surface area contributed by atoms with Crippen LogP contribution in [0.5, 0.6) is 0 Å². The van der Waals surface area contributed by atoms with Crippen molar-refractivity contribution >= 4 is 17.4 Å². The first-order valence-corrected chi connectivity index (χ1v) is 9.70. The highest BCUT2D eigenvalue weighted by molar-refractivity contribution is 7.09. The minimum Gasteiger partial charge on any atom is -0.445 e. The molecule has 2 aromatic rings. The van der Waals surface area contributed by atoms with Gasteiger partial charge in [-0.05, 0) is 41.7 Å². The summed E-state index contributed by atoms with van der Waals surface area (Å²) in [5.41, 5.74) is 0.390. The fourth-order valence-electron chi connectivity index (χ4n) is 4.30. The van der Waals surface area contributed by atoms with E-state index in [4.69, 9.17) is 4.74 Å². The highest BCUT2D eigenvalue weighted by Crippen LogP contribution is 2.45. The average Bonchev–Trinajstić information content (AvgIpc) is 3.29. The predicted octanol–water partition coefficient (Wildman–Crippen LogP) is 3.70. The van der Waals surface area contributed by atoms with Crippen molar-refractivity contribution in [1.82, 2.24) is 4.90 Å². The number of hydrogen-bond donors (Lipinski definition) is 1. The summed E-state index contributed by atoms with van der Waals surface area (Å²) in [5, 5.41) is 13.0. The molecule has 1 saturated carbocycles. The lowest BCUT2D eigenvalue weighted by atomic mass is 9.95. The van der Waals surface area contributed by atoms with Gasteiger partial charge >= 0.3 is 6.09 Å². The zero-order valence-corrected chi connectivity index (χ0v) is 15.0. The Hall–Kier alpha value is -1.85. The van der Waals surface area contributed by atoms with Crippen LogP contribution in [0.4, 0.5) is 4.79 Å². The van der Waals surface area contributed by atoms with Crippen LogP contribution < -0.4 is 0 Å². The van der Waals surface area contributed by atoms with Crippen LogP contribution >= 0.6 is 11.3 Å². The summed E-state index contributed by atoms with van der Waals surface area (Å²) < 4.78 is 5.44. The van der Waals surface area contributed by atoms with E-state index in [1.54, 1.807) is 11.3 Å². The standard InChI is InChI=1S/C20H23NO3S/c22-19(24-14-15-5-2-1-3-6-15)21-12-16-9-20(23,10-17(16)13-21)11-18-7-4-8-25-18/h1-8,16-17,23H,9-14H2/t16-,17+,20?. The van der Waals surface area contributed by atoms with Crippen molar-refractivity contribution < 1.29 is 14.6 Å². The number of hydrogen-bond acceptors (Lipinski definition) is 4. The molecule has 1 saturated heterocycles. The fraction of sp³-hybridized carbons (Fsp3) is 0.450. The van der Waals surface area contributed by atoms with E-state index in [9.17, 15) is 9.90 Å². The Balaban J connectivity index is 1.29. The topological polar surface area (TPSA) is 49.8 Å². The molecule has 1 aliphatic carbocycles. The second-order valence-corrected chi connectivity index (χ2v) is 8.39. The molecule has 132 valence electrons. The molecule has 2 aliphatic rings. The van der Waals surface area contributed by atoms with E-state index in [0.717, 1.165) is 24.8 Å². The maximum absolute atomic E-state index is 12.3. The van der Waals surface area contributed by atoms with E-state index in [1.807, 2.05) is 41.3 Å². The van der Waals surface area contributed by atoms with Gasteiger partial charge in [0.15, 0.2) is 0 Å². The molecule has 0 spiro atoms. The molecule has 4 nitrogen and oxygen atoms in total. The Morgan fingerprint density at radius 3 is 2.52 bits per heavy atom. The smallest absolute Gasteiger partial charge is 0.410 e. The van der Waals surface area contributed by atoms with Crippen molar-refractivity contribution in [3.05, 3.63) is 58.3 Å². The number of amides is 1. The van der Waals surface area contributed by atoms with Gasteiger partial charge in [0.1, 0.15) is 6.61 Å². The molecular formula is C20H23NO3S. The summed E-state index contributed by atoms with van der Waals surface area (Å²) in [4.78, 5) is 15.4. The number of carbonyl (C=O) groups excluding carboxylic acids is 1. The number of nitrogens with zero attached hydrogens (tertiary/aromatic N) is 1. The van der Waals surface area contributed by atoms with Gasteiger partial charge in [0.25, 0.3) is 0 Å². The first kappa shape index (κ1) is 16.6. The SMILES string of the molecule is O=C(OCc1ccccc1)N1C[C@@H]2CC(O)(Cc3cccs3)C[C@@H]2C1. The third-order valence-electron chi connectivity index (χ3n) is 5.41. The van der Waals surface area contributed by atoms with Gasteiger partial charge in [-0.2, -0.15) is 0 Å². The first-order chi connectivity index (χ1) is 12.1. The van der Waals surface area contributed by atoms with Gasteiger partial charge < -0.3 is 14.7 Å². The Morgan fingerprint density at radius 1 is 1.16 bits per heavy atom. The Morgan fingerprint density at radius 2 is 1.88 bits per heavy atom. The highest BCUT2D eigenvalue weighted by Gasteiger charge is 2.49. The van der Waals surface area contributed by atoms with E-state index in [2.05, 4.69) is 11.4 Å². The molecule has 1 aromatic carbocycles. The largest absolute Gasteiger partial charge is 0.445 e. The van der Waals surface area contributed by atoms with Crippen LogP contribution in [0.2, 0.25) is 0 Å². The van der Waals surface area contributed by atoms with Crippen LogP contribution in [-0.4, -0.2) is 34.8 Å². The van der Waals surface area contributed by atoms with Crippen molar-refractivity contribution in [3.8, 4) is 0 Å². The summed E-state index contributed by atoms with van der Waals surface area (Å²) in [6.45, 7) is 1.71. The number of aliphatic hydroxyl groups is 1. The van der Waals surface area contributed by atoms with Crippen LogP contribution in [0.25, 0.3) is 0 Å². The van der Waals surface area contributed by atoms with Crippen LogP contribution in [-0.2, 0) is 17.8 Å². The second kappa shape index (κ2) is 6.81. The van der Waals surface area contributed by atoms with Gasteiger partial charge in [-0.3, -0.25) is 0 Å². The Bertz CT molecular complexity index is 702. The number of fused-ring (bicyclic) bond motifs is 1. The van der Waals surface area contributed by atoms with Gasteiger partial charge in [-0.25, -0.2) is 4.79 Å². The molecule has 1 N–H and O–H groups in total. The van der Waals surface area contributed by atoms with Crippen molar-refractivity contribution in [2.24, 2.45) is 11.8 Å². The van der Waals surface area contributed by atoms with E-state index >= 15 is 0 Å². The normalized spacial score (nSPS) is 28.1. The number of likely N-dealkylation sites (tertiary alicyclic amines) is 1. The molecule has 3 atom stereocenters. The van der Waals surface area contributed by atoms with E-state index in [1.165, 1.54) is 4.88 Å². The number of benzene rings is 1. The van der Waals surface area contributed by atoms with E-state index < -0.39 is 5.60 Å². The van der Waals surface area contributed by atoms with E-state index in [-0.39, 0.29) is 6.09 Å². The molecule has 4 rings (SSSR count). The quantitative estimate of drug-likeness (QED) is 0.908.